The summed E-state index contributed by atoms with van der Waals surface area (Å²) < 4.78 is 0. The minimum Gasteiger partial charge on any atom is -0.479 e. The Balaban J connectivity index is 1.88. The lowest BCUT2D eigenvalue weighted by Crippen LogP contribution is -2.35. The number of hydrogen-bond donors (Lipinski definition) is 1. The molecule has 0 spiro atoms. The van der Waals surface area contributed by atoms with E-state index in [1.807, 2.05) is 23.1 Å². The molecular weight excluding hydrogens is 222 g/mol. The zero-order chi connectivity index (χ0) is 11.4. The molecule has 4 heteroatoms. The maximum atomic E-state index is 11.0. The van der Waals surface area contributed by atoms with Crippen LogP contribution in [0.4, 0.5) is 0 Å². The molecule has 1 fully saturated rings. The molecule has 1 aliphatic heterocycles. The van der Waals surface area contributed by atoms with Gasteiger partial charge in [0, 0.05) is 18.8 Å². The Morgan fingerprint density at radius 1 is 1.44 bits per heavy atom. The minimum absolute atomic E-state index is 0.344. The summed E-state index contributed by atoms with van der Waals surface area (Å²) in [7, 11) is 0. The molecular formula is C12H15NO2S. The van der Waals surface area contributed by atoms with E-state index in [1.54, 1.807) is 0 Å². The van der Waals surface area contributed by atoms with Crippen molar-refractivity contribution in [1.82, 2.24) is 4.90 Å². The van der Waals surface area contributed by atoms with E-state index in [1.165, 1.54) is 17.3 Å². The summed E-state index contributed by atoms with van der Waals surface area (Å²) in [6.45, 7) is 1.71. The van der Waals surface area contributed by atoms with Gasteiger partial charge in [-0.25, -0.2) is 4.79 Å². The van der Waals surface area contributed by atoms with Crippen LogP contribution in [0.5, 0.6) is 0 Å². The quantitative estimate of drug-likeness (QED) is 0.865. The fourth-order valence-corrected chi connectivity index (χ4v) is 3.01. The van der Waals surface area contributed by atoms with Gasteiger partial charge in [0.25, 0.3) is 0 Å². The number of hydrogen-bond acceptors (Lipinski definition) is 3. The highest BCUT2D eigenvalue weighted by atomic mass is 32.2. The first-order valence-electron chi connectivity index (χ1n) is 5.40. The summed E-state index contributed by atoms with van der Waals surface area (Å²) in [6.07, 6.45) is 0.922. The average molecular weight is 237 g/mol. The first-order chi connectivity index (χ1) is 7.77. The normalized spacial score (nSPS) is 21.1. The second kappa shape index (κ2) is 5.37. The summed E-state index contributed by atoms with van der Waals surface area (Å²) in [5.74, 6) is 0.210. The summed E-state index contributed by atoms with van der Waals surface area (Å²) in [6, 6.07) is 10.2. The van der Waals surface area contributed by atoms with Crippen LogP contribution in [0.2, 0.25) is 0 Å². The van der Waals surface area contributed by atoms with E-state index in [0.29, 0.717) is 0 Å². The predicted octanol–water partition coefficient (Wildman–Crippen LogP) is 1.69. The van der Waals surface area contributed by atoms with E-state index in [0.717, 1.165) is 25.3 Å². The lowest BCUT2D eigenvalue weighted by molar-refractivity contribution is -0.139. The lowest BCUT2D eigenvalue weighted by Gasteiger charge is -2.19. The maximum Gasteiger partial charge on any atom is 0.331 e. The number of rotatable bonds is 4. The van der Waals surface area contributed by atoms with Crippen LogP contribution >= 0.6 is 11.8 Å². The molecule has 0 amide bonds. The van der Waals surface area contributed by atoms with E-state index in [4.69, 9.17) is 5.11 Å². The molecule has 1 saturated heterocycles. The molecule has 1 heterocycles. The van der Waals surface area contributed by atoms with E-state index in [2.05, 4.69) is 12.1 Å². The van der Waals surface area contributed by atoms with Crippen LogP contribution in [-0.2, 0) is 11.2 Å². The molecule has 2 rings (SSSR count). The molecule has 1 N–H and O–H groups in total. The molecule has 0 radical (unpaired) electrons. The Labute approximate surface area is 99.5 Å². The van der Waals surface area contributed by atoms with Gasteiger partial charge in [-0.05, 0) is 12.0 Å². The second-order valence-electron chi connectivity index (χ2n) is 3.83. The van der Waals surface area contributed by atoms with Gasteiger partial charge >= 0.3 is 5.97 Å². The summed E-state index contributed by atoms with van der Waals surface area (Å²) in [5, 5.41) is 8.67. The van der Waals surface area contributed by atoms with E-state index >= 15 is 0 Å². The number of carboxylic acids is 1. The van der Waals surface area contributed by atoms with Gasteiger partial charge in [-0.15, -0.1) is 11.8 Å². The summed E-state index contributed by atoms with van der Waals surface area (Å²) in [4.78, 5) is 13.0. The number of thioether (sulfide) groups is 1. The van der Waals surface area contributed by atoms with Crippen molar-refractivity contribution < 1.29 is 9.90 Å². The van der Waals surface area contributed by atoms with E-state index in [9.17, 15) is 4.79 Å². The van der Waals surface area contributed by atoms with Crippen LogP contribution in [0, 0.1) is 0 Å². The number of carbonyl (C=O) groups is 1. The first kappa shape index (κ1) is 11.5. The minimum atomic E-state index is -0.712. The Bertz CT molecular complexity index is 355. The SMILES string of the molecule is O=C(O)C1SCCN1CCc1ccccc1. The average Bonchev–Trinajstić information content (AvgIpc) is 2.76. The molecule has 3 nitrogen and oxygen atoms in total. The molecule has 1 aromatic rings. The van der Waals surface area contributed by atoms with Crippen molar-refractivity contribution in [2.45, 2.75) is 11.8 Å². The molecule has 0 aliphatic carbocycles. The Kier molecular flexibility index (Phi) is 3.85. The molecule has 0 saturated carbocycles. The highest BCUT2D eigenvalue weighted by molar-refractivity contribution is 8.00. The van der Waals surface area contributed by atoms with Gasteiger partial charge in [-0.2, -0.15) is 0 Å². The topological polar surface area (TPSA) is 40.5 Å². The third kappa shape index (κ3) is 2.77. The fraction of sp³-hybridized carbons (Fsp3) is 0.417. The van der Waals surface area contributed by atoms with Crippen molar-refractivity contribution in [3.8, 4) is 0 Å². The van der Waals surface area contributed by atoms with Crippen LogP contribution in [0.3, 0.4) is 0 Å². The number of aliphatic carboxylic acids is 1. The molecule has 86 valence electrons. The van der Waals surface area contributed by atoms with Crippen molar-refractivity contribution in [3.63, 3.8) is 0 Å². The molecule has 16 heavy (non-hydrogen) atoms. The van der Waals surface area contributed by atoms with Gasteiger partial charge in [0.1, 0.15) is 0 Å². The molecule has 0 bridgehead atoms. The molecule has 1 unspecified atom stereocenters. The third-order valence-electron chi connectivity index (χ3n) is 2.73. The van der Waals surface area contributed by atoms with Crippen molar-refractivity contribution in [3.05, 3.63) is 35.9 Å². The van der Waals surface area contributed by atoms with Crippen molar-refractivity contribution in [2.75, 3.05) is 18.8 Å². The van der Waals surface area contributed by atoms with Crippen molar-refractivity contribution in [1.29, 1.82) is 0 Å². The largest absolute Gasteiger partial charge is 0.479 e. The Morgan fingerprint density at radius 3 is 2.88 bits per heavy atom. The smallest absolute Gasteiger partial charge is 0.331 e. The van der Waals surface area contributed by atoms with E-state index in [-0.39, 0.29) is 5.37 Å². The van der Waals surface area contributed by atoms with Crippen LogP contribution in [-0.4, -0.2) is 40.2 Å². The maximum absolute atomic E-state index is 11.0. The highest BCUT2D eigenvalue weighted by Crippen LogP contribution is 2.23. The molecule has 1 aromatic carbocycles. The van der Waals surface area contributed by atoms with Crippen LogP contribution in [0.25, 0.3) is 0 Å². The summed E-state index contributed by atoms with van der Waals surface area (Å²) >= 11 is 1.52. The standard InChI is InChI=1S/C12H15NO2S/c14-12(15)11-13(8-9-16-11)7-6-10-4-2-1-3-5-10/h1-5,11H,6-9H2,(H,14,15). The lowest BCUT2D eigenvalue weighted by atomic mass is 10.1. The highest BCUT2D eigenvalue weighted by Gasteiger charge is 2.30. The van der Waals surface area contributed by atoms with Crippen molar-refractivity contribution in [2.24, 2.45) is 0 Å². The van der Waals surface area contributed by atoms with Gasteiger partial charge < -0.3 is 5.11 Å². The van der Waals surface area contributed by atoms with Gasteiger partial charge in [-0.1, -0.05) is 30.3 Å². The van der Waals surface area contributed by atoms with Crippen molar-refractivity contribution >= 4 is 17.7 Å². The zero-order valence-corrected chi connectivity index (χ0v) is 9.82. The Morgan fingerprint density at radius 2 is 2.19 bits per heavy atom. The first-order valence-corrected chi connectivity index (χ1v) is 6.44. The van der Waals surface area contributed by atoms with Gasteiger partial charge in [0.05, 0.1) is 0 Å². The fourth-order valence-electron chi connectivity index (χ4n) is 1.88. The van der Waals surface area contributed by atoms with E-state index < -0.39 is 5.97 Å². The predicted molar refractivity (Wildman–Crippen MR) is 65.6 cm³/mol. The molecule has 1 atom stereocenters. The molecule has 0 aromatic heterocycles. The number of benzene rings is 1. The third-order valence-corrected chi connectivity index (χ3v) is 3.96. The zero-order valence-electron chi connectivity index (χ0n) is 9.00. The monoisotopic (exact) mass is 237 g/mol. The van der Waals surface area contributed by atoms with Crippen LogP contribution < -0.4 is 0 Å². The second-order valence-corrected chi connectivity index (χ2v) is 5.02. The number of nitrogens with zero attached hydrogens (tertiary/aromatic N) is 1. The number of carboxylic acid groups (broad SMARTS) is 1. The van der Waals surface area contributed by atoms with Gasteiger partial charge in [-0.3, -0.25) is 4.90 Å². The van der Waals surface area contributed by atoms with Gasteiger partial charge in [0.2, 0.25) is 0 Å². The van der Waals surface area contributed by atoms with Crippen LogP contribution in [0.1, 0.15) is 5.56 Å². The van der Waals surface area contributed by atoms with Gasteiger partial charge in [0.15, 0.2) is 5.37 Å². The summed E-state index contributed by atoms with van der Waals surface area (Å²) in [5.41, 5.74) is 1.27. The van der Waals surface area contributed by atoms with Crippen LogP contribution in [0.15, 0.2) is 30.3 Å². The molecule has 1 aliphatic rings. The Hall–Kier alpha value is -1.00.